The van der Waals surface area contributed by atoms with Crippen LogP contribution in [-0.4, -0.2) is 173 Å². The number of H-pyrrole nitrogens is 2. The van der Waals surface area contributed by atoms with Crippen molar-refractivity contribution >= 4 is 75.0 Å². The summed E-state index contributed by atoms with van der Waals surface area (Å²) in [5, 5.41) is 16.9. The third-order valence-electron chi connectivity index (χ3n) is 14.4. The lowest BCUT2D eigenvalue weighted by Crippen LogP contribution is -2.52. The summed E-state index contributed by atoms with van der Waals surface area (Å²) in [6.07, 6.45) is 3.05. The van der Waals surface area contributed by atoms with Gasteiger partial charge in [-0.05, 0) is 115 Å². The van der Waals surface area contributed by atoms with Gasteiger partial charge in [0.1, 0.15) is 30.9 Å². The lowest BCUT2D eigenvalue weighted by molar-refractivity contribution is -0.145. The second kappa shape index (κ2) is 26.1. The smallest absolute Gasteiger partial charge is 0.408 e. The fourth-order valence-electron chi connectivity index (χ4n) is 10.0. The van der Waals surface area contributed by atoms with Gasteiger partial charge in [-0.25, -0.2) is 19.6 Å². The molecule has 8 bridgehead atoms. The number of imide groups is 1. The number of rotatable bonds is 21. The average Bonchev–Trinajstić information content (AvgIpc) is 4.11. The lowest BCUT2D eigenvalue weighted by atomic mass is 9.84. The Hall–Kier alpha value is -7.27. The number of nitrogens with one attached hydrogen (secondary N) is 5. The quantitative estimate of drug-likeness (QED) is 0.0300. The standard InChI is InChI=1S/C57H75N9O13/c1-11-37-31(2)41-29-45-38(12-14-46(68)77-25-21-67)32(3)40(62-45)28-42-33(4)39(13-15-47(69)78-27-26-75-22-16-58-52(70)35(6)59-53(71)36(7)60-56(74)79-57(8,9)10)50(63-42)49-51-48(34(5)43(64-51)30-44(37)61-41)54(72)66(55(49)73)18-17-65-19-23-76-24-20-65/h12,14,28-30,33,35-36,39,63-64,67H,11,13,15-27H2,1-10H3,(H,58,70)(H,59,71)(H,60,74)/b14-12+,42-28?,44-30?,45-29?,50-49?/t33-,35-,36-,39-/m0/s1. The summed E-state index contributed by atoms with van der Waals surface area (Å²) in [5.41, 5.74) is 8.65. The molecular formula is C57H75N9O13. The van der Waals surface area contributed by atoms with Crippen molar-refractivity contribution in [2.75, 3.05) is 79.0 Å². The highest BCUT2D eigenvalue weighted by atomic mass is 16.6. The first kappa shape index (κ1) is 59.4. The van der Waals surface area contributed by atoms with Crippen LogP contribution in [0.2, 0.25) is 0 Å². The number of allylic oxidation sites excluding steroid dienone is 5. The minimum Gasteiger partial charge on any atom is -0.463 e. The maximum Gasteiger partial charge on any atom is 0.408 e. The highest BCUT2D eigenvalue weighted by Crippen LogP contribution is 2.45. The van der Waals surface area contributed by atoms with E-state index in [9.17, 15) is 33.9 Å². The summed E-state index contributed by atoms with van der Waals surface area (Å²) in [4.78, 5) is 114. The van der Waals surface area contributed by atoms with Crippen molar-refractivity contribution in [3.8, 4) is 0 Å². The van der Waals surface area contributed by atoms with Gasteiger partial charge in [0.15, 0.2) is 0 Å². The molecule has 1 fully saturated rings. The van der Waals surface area contributed by atoms with Crippen LogP contribution < -0.4 is 16.0 Å². The predicted octanol–water partition coefficient (Wildman–Crippen LogP) is 5.40. The van der Waals surface area contributed by atoms with E-state index in [1.165, 1.54) is 24.8 Å². The third kappa shape index (κ3) is 14.3. The van der Waals surface area contributed by atoms with E-state index in [2.05, 4.69) is 30.8 Å². The zero-order chi connectivity index (χ0) is 57.3. The molecule has 2 aromatic rings. The molecule has 5 amide bonds. The molecule has 5 aliphatic heterocycles. The van der Waals surface area contributed by atoms with Crippen molar-refractivity contribution in [3.05, 3.63) is 81.2 Å². The van der Waals surface area contributed by atoms with E-state index in [1.54, 1.807) is 26.8 Å². The number of aliphatic hydroxyl groups is 1. The molecule has 0 spiro atoms. The van der Waals surface area contributed by atoms with E-state index in [1.807, 2.05) is 52.8 Å². The van der Waals surface area contributed by atoms with Gasteiger partial charge in [-0.2, -0.15) is 0 Å². The maximum atomic E-state index is 15.2. The van der Waals surface area contributed by atoms with Gasteiger partial charge in [-0.1, -0.05) is 13.8 Å². The Morgan fingerprint density at radius 1 is 0.848 bits per heavy atom. The van der Waals surface area contributed by atoms with Crippen LogP contribution in [0.3, 0.4) is 0 Å². The normalized spacial score (nSPS) is 17.9. The summed E-state index contributed by atoms with van der Waals surface area (Å²) in [6.45, 7) is 20.6. The van der Waals surface area contributed by atoms with Crippen LogP contribution in [0.4, 0.5) is 4.79 Å². The van der Waals surface area contributed by atoms with Gasteiger partial charge in [0, 0.05) is 79.5 Å². The number of ether oxygens (including phenoxy) is 5. The number of aryl methyl sites for hydroxylation is 1. The van der Waals surface area contributed by atoms with Gasteiger partial charge in [0.05, 0.1) is 72.5 Å². The number of hydrogen-bond acceptors (Lipinski definition) is 16. The van der Waals surface area contributed by atoms with Gasteiger partial charge in [-0.15, -0.1) is 0 Å². The topological polar surface area (TPSA) is 286 Å². The number of carbonyl (C=O) groups excluding carboxylic acids is 7. The molecule has 0 aromatic carbocycles. The largest absolute Gasteiger partial charge is 0.463 e. The summed E-state index contributed by atoms with van der Waals surface area (Å²) in [5.74, 6) is -3.83. The van der Waals surface area contributed by atoms with E-state index in [-0.39, 0.29) is 70.4 Å². The summed E-state index contributed by atoms with van der Waals surface area (Å²) in [7, 11) is 0. The van der Waals surface area contributed by atoms with E-state index in [0.29, 0.717) is 101 Å². The van der Waals surface area contributed by atoms with Crippen LogP contribution in [0.5, 0.6) is 0 Å². The molecule has 79 heavy (non-hydrogen) atoms. The first-order chi connectivity index (χ1) is 37.6. The summed E-state index contributed by atoms with van der Waals surface area (Å²) < 4.78 is 27.1. The number of nitrogens with zero attached hydrogens (tertiary/aromatic N) is 4. The van der Waals surface area contributed by atoms with Crippen LogP contribution in [0.1, 0.15) is 154 Å². The van der Waals surface area contributed by atoms with Crippen LogP contribution in [0.15, 0.2) is 30.4 Å². The second-order valence-electron chi connectivity index (χ2n) is 21.1. The second-order valence-corrected chi connectivity index (χ2v) is 21.1. The molecular weight excluding hydrogens is 1020 g/mol. The molecule has 22 heteroatoms. The van der Waals surface area contributed by atoms with Crippen molar-refractivity contribution < 1.29 is 62.4 Å². The number of aliphatic hydroxyl groups excluding tert-OH is 1. The zero-order valence-corrected chi connectivity index (χ0v) is 46.9. The number of amides is 5. The molecule has 22 nitrogen and oxygen atoms in total. The van der Waals surface area contributed by atoms with Crippen molar-refractivity contribution in [2.24, 2.45) is 0 Å². The fraction of sp³-hybridized carbons (Fsp3) is 0.526. The third-order valence-corrected chi connectivity index (χ3v) is 14.4. The number of aromatic amines is 2. The Labute approximate surface area is 459 Å². The van der Waals surface area contributed by atoms with Gasteiger partial charge < -0.3 is 54.7 Å². The monoisotopic (exact) mass is 1090 g/mol. The maximum absolute atomic E-state index is 15.2. The van der Waals surface area contributed by atoms with Gasteiger partial charge >= 0.3 is 18.0 Å². The Balaban J connectivity index is 1.14. The van der Waals surface area contributed by atoms with E-state index < -0.39 is 65.3 Å². The molecule has 0 aliphatic carbocycles. The Kier molecular flexibility index (Phi) is 19.6. The summed E-state index contributed by atoms with van der Waals surface area (Å²) in [6, 6.07) is 3.85. The molecule has 1 saturated heterocycles. The molecule has 0 radical (unpaired) electrons. The van der Waals surface area contributed by atoms with Crippen LogP contribution in [0, 0.1) is 6.92 Å². The van der Waals surface area contributed by atoms with Crippen molar-refractivity contribution in [3.63, 3.8) is 0 Å². The molecule has 0 saturated carbocycles. The van der Waals surface area contributed by atoms with Crippen LogP contribution in [0.25, 0.3) is 33.3 Å². The fourth-order valence-corrected chi connectivity index (χ4v) is 10.0. The number of esters is 2. The van der Waals surface area contributed by atoms with Crippen molar-refractivity contribution in [1.29, 1.82) is 0 Å². The Bertz CT molecular complexity index is 3010. The lowest BCUT2D eigenvalue weighted by Gasteiger charge is -2.31. The number of alkyl carbamates (subject to hydrolysis) is 1. The predicted molar refractivity (Wildman–Crippen MR) is 294 cm³/mol. The van der Waals surface area contributed by atoms with Crippen LogP contribution >= 0.6 is 0 Å². The van der Waals surface area contributed by atoms with Gasteiger partial charge in [0.2, 0.25) is 11.8 Å². The zero-order valence-electron chi connectivity index (χ0n) is 46.9. The highest BCUT2D eigenvalue weighted by Gasteiger charge is 2.41. The SMILES string of the molecule is CCC1=C(C)c2cc3nc(cc4[nH]c(c5c6[nH]c(cc1n2)c(C)c6C(=O)N(CCN1CCOCC1)C5=O)[C@@H](CCC(=O)OCCOCCNC(=O)[C@H](C)NC(=O)[C@H](C)NC(=O)OC(C)(C)C)[C@@H]4C)C(C)=C3/C=C/C(=O)OCCO. The van der Waals surface area contributed by atoms with Crippen molar-refractivity contribution in [2.45, 2.75) is 118 Å². The van der Waals surface area contributed by atoms with Gasteiger partial charge in [-0.3, -0.25) is 33.8 Å². The van der Waals surface area contributed by atoms with Crippen molar-refractivity contribution in [1.82, 2.24) is 45.7 Å². The Morgan fingerprint density at radius 2 is 1.54 bits per heavy atom. The number of fused-ring (bicyclic) bond motifs is 8. The summed E-state index contributed by atoms with van der Waals surface area (Å²) >= 11 is 0. The molecule has 426 valence electrons. The van der Waals surface area contributed by atoms with E-state index in [4.69, 9.17) is 33.7 Å². The van der Waals surface area contributed by atoms with Crippen LogP contribution in [-0.2, 0) is 42.9 Å². The number of hydrogen-bond donors (Lipinski definition) is 6. The van der Waals surface area contributed by atoms with E-state index >= 15 is 4.79 Å². The van der Waals surface area contributed by atoms with Gasteiger partial charge in [0.25, 0.3) is 11.8 Å². The molecule has 7 heterocycles. The molecule has 2 aromatic heterocycles. The average molecular weight is 1090 g/mol. The first-order valence-electron chi connectivity index (χ1n) is 27.0. The minimum atomic E-state index is -0.952. The van der Waals surface area contributed by atoms with E-state index in [0.717, 1.165) is 16.7 Å². The molecule has 7 rings (SSSR count). The number of carbonyl (C=O) groups is 7. The number of aromatic nitrogens is 4. The Morgan fingerprint density at radius 3 is 2.25 bits per heavy atom. The first-order valence-corrected chi connectivity index (χ1v) is 27.0. The number of morpholine rings is 1. The molecule has 5 aliphatic rings. The molecule has 0 unspecified atom stereocenters. The minimum absolute atomic E-state index is 0.0339. The molecule has 4 atom stereocenters. The highest BCUT2D eigenvalue weighted by molar-refractivity contribution is 6.23. The molecule has 6 N–H and O–H groups in total.